The number of carbonyl (C=O) groups excluding carboxylic acids is 1. The molecule has 0 aromatic heterocycles. The van der Waals surface area contributed by atoms with Crippen molar-refractivity contribution >= 4 is 17.3 Å². The minimum atomic E-state index is 0.0174. The highest BCUT2D eigenvalue weighted by molar-refractivity contribution is 6.00. The molecule has 0 unspecified atom stereocenters. The Hall–Kier alpha value is -1.71. The summed E-state index contributed by atoms with van der Waals surface area (Å²) in [6, 6.07) is 5.48. The summed E-state index contributed by atoms with van der Waals surface area (Å²) in [7, 11) is 3.55. The fraction of sp³-hybridized carbons (Fsp3) is 0.562. The molecule has 4 nitrogen and oxygen atoms in total. The van der Waals surface area contributed by atoms with Gasteiger partial charge in [-0.15, -0.1) is 0 Å². The Morgan fingerprint density at radius 3 is 2.65 bits per heavy atom. The fourth-order valence-corrected chi connectivity index (χ4v) is 2.99. The average Bonchev–Trinajstić information content (AvgIpc) is 3.27. The molecule has 2 fully saturated rings. The Morgan fingerprint density at radius 1 is 1.40 bits per heavy atom. The first-order valence-electron chi connectivity index (χ1n) is 7.37. The Bertz CT molecular complexity index is 531. The van der Waals surface area contributed by atoms with Crippen LogP contribution < -0.4 is 11.1 Å². The number of nitrogens with one attached hydrogen (secondary N) is 1. The van der Waals surface area contributed by atoms with Crippen molar-refractivity contribution in [3.8, 4) is 0 Å². The Kier molecular flexibility index (Phi) is 3.11. The monoisotopic (exact) mass is 273 g/mol. The number of nitrogens with zero attached hydrogens (tertiary/aromatic N) is 1. The van der Waals surface area contributed by atoms with Gasteiger partial charge in [0.25, 0.3) is 5.91 Å². The van der Waals surface area contributed by atoms with Gasteiger partial charge in [0, 0.05) is 32.0 Å². The molecular formula is C16H23N3O. The van der Waals surface area contributed by atoms with Crippen molar-refractivity contribution in [2.24, 2.45) is 11.3 Å². The summed E-state index contributed by atoms with van der Waals surface area (Å²) < 4.78 is 0. The molecule has 0 spiro atoms. The zero-order chi connectivity index (χ0) is 14.3. The zero-order valence-corrected chi connectivity index (χ0v) is 12.3. The van der Waals surface area contributed by atoms with Gasteiger partial charge in [0.05, 0.1) is 5.56 Å². The number of nitrogen functional groups attached to an aromatic ring is 1. The number of nitrogens with two attached hydrogens (primary N) is 1. The molecule has 20 heavy (non-hydrogen) atoms. The van der Waals surface area contributed by atoms with Crippen LogP contribution in [0.3, 0.4) is 0 Å². The molecule has 0 atom stereocenters. The van der Waals surface area contributed by atoms with Crippen molar-refractivity contribution in [1.82, 2.24) is 4.90 Å². The summed E-state index contributed by atoms with van der Waals surface area (Å²) in [6.45, 7) is 0.967. The zero-order valence-electron chi connectivity index (χ0n) is 12.3. The molecule has 0 radical (unpaired) electrons. The molecule has 3 N–H and O–H groups in total. The number of carbonyl (C=O) groups is 1. The van der Waals surface area contributed by atoms with Crippen LogP contribution in [-0.4, -0.2) is 31.4 Å². The molecular weight excluding hydrogens is 250 g/mol. The fourth-order valence-electron chi connectivity index (χ4n) is 2.99. The number of rotatable bonds is 5. The molecule has 4 heteroatoms. The van der Waals surface area contributed by atoms with E-state index >= 15 is 0 Å². The van der Waals surface area contributed by atoms with Crippen LogP contribution in [0.1, 0.15) is 36.0 Å². The molecule has 1 amide bonds. The van der Waals surface area contributed by atoms with Gasteiger partial charge < -0.3 is 16.0 Å². The Morgan fingerprint density at radius 2 is 2.10 bits per heavy atom. The molecule has 2 saturated carbocycles. The average molecular weight is 273 g/mol. The molecule has 1 aromatic carbocycles. The number of amides is 1. The second-order valence-electron chi connectivity index (χ2n) is 6.49. The maximum absolute atomic E-state index is 12.2. The number of anilines is 2. The topological polar surface area (TPSA) is 58.4 Å². The Balaban J connectivity index is 1.77. The standard InChI is InChI=1S/C16H23N3O/c1-19(2)15(20)13-6-5-12(17)9-14(13)18-10-16(7-8-16)11-3-4-11/h5-6,9,11,18H,3-4,7-8,10,17H2,1-2H3. The number of benzene rings is 1. The van der Waals surface area contributed by atoms with E-state index in [0.717, 1.165) is 18.2 Å². The lowest BCUT2D eigenvalue weighted by molar-refractivity contribution is 0.0828. The van der Waals surface area contributed by atoms with E-state index in [1.807, 2.05) is 12.1 Å². The maximum Gasteiger partial charge on any atom is 0.255 e. The normalized spacial score (nSPS) is 19.5. The van der Waals surface area contributed by atoms with Crippen molar-refractivity contribution in [3.63, 3.8) is 0 Å². The van der Waals surface area contributed by atoms with Gasteiger partial charge in [-0.25, -0.2) is 0 Å². The molecule has 0 aliphatic heterocycles. The van der Waals surface area contributed by atoms with Crippen LogP contribution in [0.15, 0.2) is 18.2 Å². The first-order chi connectivity index (χ1) is 9.52. The second kappa shape index (κ2) is 4.69. The van der Waals surface area contributed by atoms with E-state index in [9.17, 15) is 4.79 Å². The second-order valence-corrected chi connectivity index (χ2v) is 6.49. The van der Waals surface area contributed by atoms with Gasteiger partial charge >= 0.3 is 0 Å². The van der Waals surface area contributed by atoms with E-state index in [-0.39, 0.29) is 5.91 Å². The van der Waals surface area contributed by atoms with Crippen LogP contribution >= 0.6 is 0 Å². The summed E-state index contributed by atoms with van der Waals surface area (Å²) in [5.41, 5.74) is 8.64. The summed E-state index contributed by atoms with van der Waals surface area (Å²) in [5, 5.41) is 3.49. The summed E-state index contributed by atoms with van der Waals surface area (Å²) in [4.78, 5) is 13.8. The third kappa shape index (κ3) is 2.47. The summed E-state index contributed by atoms with van der Waals surface area (Å²) >= 11 is 0. The largest absolute Gasteiger partial charge is 0.399 e. The van der Waals surface area contributed by atoms with Crippen LogP contribution in [0.2, 0.25) is 0 Å². The van der Waals surface area contributed by atoms with Crippen molar-refractivity contribution in [1.29, 1.82) is 0 Å². The van der Waals surface area contributed by atoms with E-state index in [4.69, 9.17) is 5.73 Å². The number of hydrogen-bond acceptors (Lipinski definition) is 3. The molecule has 3 rings (SSSR count). The van der Waals surface area contributed by atoms with Gasteiger partial charge in [-0.3, -0.25) is 4.79 Å². The van der Waals surface area contributed by atoms with Crippen LogP contribution in [0.4, 0.5) is 11.4 Å². The van der Waals surface area contributed by atoms with Gasteiger partial charge in [0.2, 0.25) is 0 Å². The first-order valence-corrected chi connectivity index (χ1v) is 7.37. The lowest BCUT2D eigenvalue weighted by Gasteiger charge is -2.19. The summed E-state index contributed by atoms with van der Waals surface area (Å²) in [6.07, 6.45) is 5.40. The van der Waals surface area contributed by atoms with E-state index in [1.165, 1.54) is 25.7 Å². The lowest BCUT2D eigenvalue weighted by atomic mass is 10.00. The Labute approximate surface area is 120 Å². The van der Waals surface area contributed by atoms with Crippen molar-refractivity contribution in [2.45, 2.75) is 25.7 Å². The third-order valence-electron chi connectivity index (χ3n) is 4.65. The minimum absolute atomic E-state index is 0.0174. The third-order valence-corrected chi connectivity index (χ3v) is 4.65. The molecule has 1 aromatic rings. The van der Waals surface area contributed by atoms with E-state index in [2.05, 4.69) is 5.32 Å². The molecule has 2 aliphatic rings. The molecule has 0 heterocycles. The highest BCUT2D eigenvalue weighted by Gasteiger charge is 2.53. The minimum Gasteiger partial charge on any atom is -0.399 e. The van der Waals surface area contributed by atoms with Gasteiger partial charge in [0.1, 0.15) is 0 Å². The maximum atomic E-state index is 12.2. The molecule has 0 saturated heterocycles. The van der Waals surface area contributed by atoms with Crippen LogP contribution in [0.25, 0.3) is 0 Å². The van der Waals surface area contributed by atoms with E-state index < -0.39 is 0 Å². The van der Waals surface area contributed by atoms with Crippen molar-refractivity contribution in [2.75, 3.05) is 31.7 Å². The van der Waals surface area contributed by atoms with Gasteiger partial charge in [-0.2, -0.15) is 0 Å². The quantitative estimate of drug-likeness (QED) is 0.811. The van der Waals surface area contributed by atoms with E-state index in [1.54, 1.807) is 25.1 Å². The van der Waals surface area contributed by atoms with Crippen LogP contribution in [0.5, 0.6) is 0 Å². The van der Waals surface area contributed by atoms with E-state index in [0.29, 0.717) is 16.7 Å². The SMILES string of the molecule is CN(C)C(=O)c1ccc(N)cc1NCC1(C2CC2)CC1. The number of hydrogen-bond donors (Lipinski definition) is 2. The van der Waals surface area contributed by atoms with Crippen LogP contribution in [-0.2, 0) is 0 Å². The summed E-state index contributed by atoms with van der Waals surface area (Å²) in [5.74, 6) is 0.924. The smallest absolute Gasteiger partial charge is 0.255 e. The van der Waals surface area contributed by atoms with Crippen molar-refractivity contribution in [3.05, 3.63) is 23.8 Å². The van der Waals surface area contributed by atoms with Gasteiger partial charge in [0.15, 0.2) is 0 Å². The van der Waals surface area contributed by atoms with Gasteiger partial charge in [-0.1, -0.05) is 0 Å². The predicted octanol–water partition coefficient (Wildman–Crippen LogP) is 2.57. The van der Waals surface area contributed by atoms with Crippen LogP contribution in [0, 0.1) is 11.3 Å². The molecule has 2 aliphatic carbocycles. The molecule has 108 valence electrons. The highest BCUT2D eigenvalue weighted by atomic mass is 16.2. The molecule has 0 bridgehead atoms. The van der Waals surface area contributed by atoms with Gasteiger partial charge in [-0.05, 0) is 55.2 Å². The lowest BCUT2D eigenvalue weighted by Crippen LogP contribution is -2.24. The first kappa shape index (κ1) is 13.3. The predicted molar refractivity (Wildman–Crippen MR) is 81.8 cm³/mol. The van der Waals surface area contributed by atoms with Crippen molar-refractivity contribution < 1.29 is 4.79 Å². The highest BCUT2D eigenvalue weighted by Crippen LogP contribution is 2.61.